The van der Waals surface area contributed by atoms with Crippen molar-refractivity contribution in [2.24, 2.45) is 17.3 Å². The first-order chi connectivity index (χ1) is 13.3. The molecule has 0 saturated heterocycles. The summed E-state index contributed by atoms with van der Waals surface area (Å²) in [4.78, 5) is 26.3. The van der Waals surface area contributed by atoms with Crippen molar-refractivity contribution in [3.05, 3.63) is 11.3 Å². The molecule has 0 aromatic carbocycles. The number of Topliss-reactive ketones (excluding diaryl/α,β-unsaturated/α-hetero) is 1. The van der Waals surface area contributed by atoms with E-state index in [2.05, 4.69) is 0 Å². The van der Waals surface area contributed by atoms with Gasteiger partial charge in [-0.3, -0.25) is 4.79 Å². The van der Waals surface area contributed by atoms with Gasteiger partial charge in [-0.05, 0) is 12.8 Å². The highest BCUT2D eigenvalue weighted by Crippen LogP contribution is 2.59. The van der Waals surface area contributed by atoms with Crippen molar-refractivity contribution in [2.75, 3.05) is 18.1 Å². The summed E-state index contributed by atoms with van der Waals surface area (Å²) in [5.74, 6) is -0.802. The quantitative estimate of drug-likeness (QED) is 0.353. The topological polar surface area (TPSA) is 113 Å². The molecule has 156 valence electrons. The van der Waals surface area contributed by atoms with E-state index in [1.54, 1.807) is 6.92 Å². The van der Waals surface area contributed by atoms with Crippen LogP contribution in [0, 0.1) is 17.3 Å². The number of esters is 1. The number of ether oxygens (including phenoxy) is 2. The van der Waals surface area contributed by atoms with Crippen LogP contribution in [0.3, 0.4) is 0 Å². The van der Waals surface area contributed by atoms with Gasteiger partial charge in [0.25, 0.3) is 0 Å². The Kier molecular flexibility index (Phi) is 5.05. The lowest BCUT2D eigenvalue weighted by Gasteiger charge is -2.59. The smallest absolute Gasteiger partial charge is 0.346 e. The minimum atomic E-state index is -1.40. The summed E-state index contributed by atoms with van der Waals surface area (Å²) in [5, 5.41) is 31.5. The Morgan fingerprint density at radius 1 is 1.25 bits per heavy atom. The van der Waals surface area contributed by atoms with Crippen molar-refractivity contribution < 1.29 is 34.4 Å². The maximum atomic E-state index is 13.7. The van der Waals surface area contributed by atoms with E-state index in [4.69, 9.17) is 14.6 Å². The lowest BCUT2D eigenvalue weighted by atomic mass is 9.48. The average molecular weight is 413 g/mol. The van der Waals surface area contributed by atoms with Gasteiger partial charge in [-0.25, -0.2) is 4.79 Å². The van der Waals surface area contributed by atoms with Crippen LogP contribution in [0.2, 0.25) is 0 Å². The fraction of sp³-hybridized carbons (Fsp3) is 0.800. The van der Waals surface area contributed by atoms with Crippen molar-refractivity contribution in [3.8, 4) is 0 Å². The lowest BCUT2D eigenvalue weighted by molar-refractivity contribution is -0.249. The van der Waals surface area contributed by atoms with Gasteiger partial charge < -0.3 is 24.8 Å². The molecule has 4 aliphatic rings. The third-order valence-electron chi connectivity index (χ3n) is 7.39. The Balaban J connectivity index is 1.78. The molecule has 2 bridgehead atoms. The van der Waals surface area contributed by atoms with Crippen molar-refractivity contribution in [3.63, 3.8) is 0 Å². The Bertz CT molecular complexity index is 721. The van der Waals surface area contributed by atoms with E-state index in [9.17, 15) is 19.8 Å². The summed E-state index contributed by atoms with van der Waals surface area (Å²) in [5.41, 5.74) is -2.47. The molecule has 2 fully saturated rings. The Morgan fingerprint density at radius 2 is 2.00 bits per heavy atom. The maximum Gasteiger partial charge on any atom is 0.346 e. The molecule has 0 spiro atoms. The van der Waals surface area contributed by atoms with Crippen molar-refractivity contribution in [2.45, 2.75) is 63.4 Å². The minimum Gasteiger partial charge on any atom is -0.487 e. The van der Waals surface area contributed by atoms with E-state index in [0.29, 0.717) is 24.3 Å². The molecule has 2 aliphatic heterocycles. The van der Waals surface area contributed by atoms with E-state index < -0.39 is 41.2 Å². The Hall–Kier alpha value is -1.09. The standard InChI is InChI=1S/C20H28O7S/c1-10-14-17(23)20(25)6-4-3-5-12(20)19(10,2)16(22)13-15(27-14)11(26-18(13)24)9-28-8-7-21/h10-12,14,17,21,23,25H,3-9H2,1-2H3/t10-,11?,12+,14+,17-,19-,20+/m1/s1. The second-order valence-corrected chi connectivity index (χ2v) is 9.80. The van der Waals surface area contributed by atoms with Crippen LogP contribution in [0.25, 0.3) is 0 Å². The van der Waals surface area contributed by atoms with E-state index >= 15 is 0 Å². The predicted molar refractivity (Wildman–Crippen MR) is 101 cm³/mol. The molecule has 0 amide bonds. The molecule has 3 N–H and O–H groups in total. The second kappa shape index (κ2) is 7.00. The monoisotopic (exact) mass is 412 g/mol. The summed E-state index contributed by atoms with van der Waals surface area (Å²) in [6, 6.07) is 0. The number of cyclic esters (lactones) is 1. The van der Waals surface area contributed by atoms with Crippen LogP contribution >= 0.6 is 11.8 Å². The summed E-state index contributed by atoms with van der Waals surface area (Å²) in [6.07, 6.45) is 0.0480. The summed E-state index contributed by atoms with van der Waals surface area (Å²) in [7, 11) is 0. The molecule has 7 nitrogen and oxygen atoms in total. The van der Waals surface area contributed by atoms with E-state index in [0.717, 1.165) is 12.8 Å². The maximum absolute atomic E-state index is 13.7. The molecule has 0 radical (unpaired) electrons. The van der Waals surface area contributed by atoms with E-state index in [1.165, 1.54) is 11.8 Å². The van der Waals surface area contributed by atoms with Crippen LogP contribution in [0.15, 0.2) is 11.3 Å². The van der Waals surface area contributed by atoms with Crippen LogP contribution in [0.4, 0.5) is 0 Å². The number of hydrogen-bond acceptors (Lipinski definition) is 8. The van der Waals surface area contributed by atoms with Crippen molar-refractivity contribution in [1.82, 2.24) is 0 Å². The number of carbonyl (C=O) groups is 2. The van der Waals surface area contributed by atoms with Gasteiger partial charge in [0.15, 0.2) is 17.6 Å². The van der Waals surface area contributed by atoms with Crippen LogP contribution in [-0.4, -0.2) is 69.1 Å². The summed E-state index contributed by atoms with van der Waals surface area (Å²) < 4.78 is 11.5. The zero-order valence-corrected chi connectivity index (χ0v) is 17.0. The van der Waals surface area contributed by atoms with Crippen molar-refractivity contribution >= 4 is 23.5 Å². The molecule has 2 aliphatic carbocycles. The molecule has 1 unspecified atom stereocenters. The Labute approximate surface area is 168 Å². The molecule has 2 heterocycles. The molecule has 2 saturated carbocycles. The van der Waals surface area contributed by atoms with Crippen LogP contribution in [0.5, 0.6) is 0 Å². The van der Waals surface area contributed by atoms with Gasteiger partial charge in [0.1, 0.15) is 17.8 Å². The van der Waals surface area contributed by atoms with Crippen LogP contribution < -0.4 is 0 Å². The van der Waals surface area contributed by atoms with Crippen LogP contribution in [0.1, 0.15) is 39.5 Å². The average Bonchev–Trinajstić information content (AvgIpc) is 2.94. The van der Waals surface area contributed by atoms with Gasteiger partial charge in [0.05, 0.1) is 12.2 Å². The largest absolute Gasteiger partial charge is 0.487 e. The van der Waals surface area contributed by atoms with Crippen molar-refractivity contribution in [1.29, 1.82) is 0 Å². The van der Waals surface area contributed by atoms with Gasteiger partial charge in [-0.1, -0.05) is 26.7 Å². The number of rotatable bonds is 4. The number of aliphatic hydroxyl groups excluding tert-OH is 2. The predicted octanol–water partition coefficient (Wildman–Crippen LogP) is 0.797. The van der Waals surface area contributed by atoms with Gasteiger partial charge in [0.2, 0.25) is 0 Å². The lowest BCUT2D eigenvalue weighted by Crippen LogP contribution is -2.69. The Morgan fingerprint density at radius 3 is 2.71 bits per heavy atom. The molecule has 4 rings (SSSR count). The molecular weight excluding hydrogens is 384 g/mol. The van der Waals surface area contributed by atoms with Gasteiger partial charge in [0, 0.05) is 28.8 Å². The highest BCUT2D eigenvalue weighted by Gasteiger charge is 2.68. The molecule has 7 atom stereocenters. The zero-order chi connectivity index (χ0) is 20.3. The second-order valence-electron chi connectivity index (χ2n) is 8.65. The van der Waals surface area contributed by atoms with Gasteiger partial charge in [-0.2, -0.15) is 11.8 Å². The first-order valence-electron chi connectivity index (χ1n) is 10.0. The number of carbonyl (C=O) groups excluding carboxylic acids is 2. The number of thioether (sulfide) groups is 1. The molecule has 0 aromatic heterocycles. The first-order valence-corrected chi connectivity index (χ1v) is 11.2. The minimum absolute atomic E-state index is 0.00216. The normalized spacial score (nSPS) is 45.1. The SMILES string of the molecule is C[C@@H]1[C@@H]2OC3=C(C(=O)OC3CSCCO)C(=O)[C@@]1(C)[C@@H]1CCCC[C@@]1(O)[C@@H]2O. The number of hydrogen-bond donors (Lipinski definition) is 3. The molecule has 28 heavy (non-hydrogen) atoms. The summed E-state index contributed by atoms with van der Waals surface area (Å²) in [6.45, 7) is 3.67. The number of ketones is 1. The highest BCUT2D eigenvalue weighted by atomic mass is 32.2. The fourth-order valence-corrected chi connectivity index (χ4v) is 6.45. The van der Waals surface area contributed by atoms with Crippen LogP contribution in [-0.2, 0) is 19.1 Å². The first kappa shape index (κ1) is 20.2. The molecule has 8 heteroatoms. The van der Waals surface area contributed by atoms with E-state index in [-0.39, 0.29) is 29.6 Å². The van der Waals surface area contributed by atoms with E-state index in [1.807, 2.05) is 6.92 Å². The third kappa shape index (κ3) is 2.61. The molecule has 0 aromatic rings. The zero-order valence-electron chi connectivity index (χ0n) is 16.2. The number of aliphatic hydroxyl groups is 3. The summed E-state index contributed by atoms with van der Waals surface area (Å²) >= 11 is 1.40. The number of fused-ring (bicyclic) bond motifs is 4. The van der Waals surface area contributed by atoms with Gasteiger partial charge in [-0.15, -0.1) is 0 Å². The van der Waals surface area contributed by atoms with Gasteiger partial charge >= 0.3 is 5.97 Å². The fourth-order valence-electron chi connectivity index (χ4n) is 5.73. The third-order valence-corrected chi connectivity index (χ3v) is 8.40. The highest BCUT2D eigenvalue weighted by molar-refractivity contribution is 7.99. The molecular formula is C20H28O7S.